The van der Waals surface area contributed by atoms with Gasteiger partial charge < -0.3 is 5.73 Å². The first kappa shape index (κ1) is 8.88. The molecule has 1 rings (SSSR count). The number of nitriles is 1. The average molecular weight is 185 g/mol. The molecule has 2 N–H and O–H groups in total. The number of nitrogen functional groups attached to an aromatic ring is 1. The third kappa shape index (κ3) is 1.23. The zero-order chi connectivity index (χ0) is 9.35. The summed E-state index contributed by atoms with van der Waals surface area (Å²) in [6, 6.07) is 2.07. The molecule has 1 aromatic heterocycles. The Morgan fingerprint density at radius 2 is 2.33 bits per heavy atom. The molecule has 0 saturated heterocycles. The zero-order valence-corrected chi connectivity index (χ0v) is 7.63. The lowest BCUT2D eigenvalue weighted by Crippen LogP contribution is -2.25. The molecule has 0 aromatic carbocycles. The fraction of sp³-hybridized carbons (Fsp3) is 0.429. The summed E-state index contributed by atoms with van der Waals surface area (Å²) in [6.07, 6.45) is 1.43. The Labute approximate surface area is 75.5 Å². The lowest BCUT2D eigenvalue weighted by atomic mass is 10.1. The number of rotatable bonds is 1. The maximum Gasteiger partial charge on any atom is 0.151 e. The Kier molecular flexibility index (Phi) is 1.99. The third-order valence-electron chi connectivity index (χ3n) is 1.54. The van der Waals surface area contributed by atoms with Crippen molar-refractivity contribution >= 4 is 17.3 Å². The second kappa shape index (κ2) is 2.68. The fourth-order valence-electron chi connectivity index (χ4n) is 0.783. The number of halogens is 1. The van der Waals surface area contributed by atoms with Crippen molar-refractivity contribution in [1.29, 1.82) is 5.26 Å². The maximum atomic E-state index is 8.77. The molecule has 0 radical (unpaired) electrons. The average Bonchev–Trinajstić information content (AvgIpc) is 2.33. The summed E-state index contributed by atoms with van der Waals surface area (Å²) in [5.74, 6) is 0. The summed E-state index contributed by atoms with van der Waals surface area (Å²) in [5.41, 5.74) is 5.10. The predicted octanol–water partition coefficient (Wildman–Crippen LogP) is 1.38. The van der Waals surface area contributed by atoms with Gasteiger partial charge in [0, 0.05) is 0 Å². The molecule has 0 fully saturated rings. The van der Waals surface area contributed by atoms with Crippen molar-refractivity contribution < 1.29 is 0 Å². The first-order chi connectivity index (χ1) is 5.49. The van der Waals surface area contributed by atoms with Crippen LogP contribution in [-0.2, 0) is 5.54 Å². The van der Waals surface area contributed by atoms with Crippen LogP contribution in [0.1, 0.15) is 13.8 Å². The molecule has 0 aliphatic heterocycles. The van der Waals surface area contributed by atoms with Crippen molar-refractivity contribution in [2.24, 2.45) is 0 Å². The number of anilines is 1. The standard InChI is InChI=1S/C7H9ClN4/c1-7(2,4-9)12-6(8)5(10)3-11-12/h3H,10H2,1-2H3. The van der Waals surface area contributed by atoms with Crippen LogP contribution in [-0.4, -0.2) is 9.78 Å². The first-order valence-electron chi connectivity index (χ1n) is 3.40. The van der Waals surface area contributed by atoms with Gasteiger partial charge in [-0.3, -0.25) is 0 Å². The normalized spacial score (nSPS) is 11.2. The van der Waals surface area contributed by atoms with E-state index < -0.39 is 5.54 Å². The monoisotopic (exact) mass is 184 g/mol. The van der Waals surface area contributed by atoms with Gasteiger partial charge in [0.25, 0.3) is 0 Å². The van der Waals surface area contributed by atoms with Crippen LogP contribution in [0.4, 0.5) is 5.69 Å². The van der Waals surface area contributed by atoms with Crippen molar-refractivity contribution in [2.75, 3.05) is 5.73 Å². The highest BCUT2D eigenvalue weighted by molar-refractivity contribution is 6.32. The first-order valence-corrected chi connectivity index (χ1v) is 3.77. The highest BCUT2D eigenvalue weighted by Gasteiger charge is 2.23. The van der Waals surface area contributed by atoms with Crippen LogP contribution in [0.15, 0.2) is 6.20 Å². The molecule has 0 amide bonds. The molecule has 0 aliphatic carbocycles. The molecule has 0 saturated carbocycles. The van der Waals surface area contributed by atoms with Gasteiger partial charge in [0.1, 0.15) is 5.54 Å². The van der Waals surface area contributed by atoms with Gasteiger partial charge >= 0.3 is 0 Å². The summed E-state index contributed by atoms with van der Waals surface area (Å²) >= 11 is 5.80. The van der Waals surface area contributed by atoms with Crippen LogP contribution in [0, 0.1) is 11.3 Å². The van der Waals surface area contributed by atoms with E-state index in [9.17, 15) is 0 Å². The van der Waals surface area contributed by atoms with E-state index in [0.717, 1.165) is 0 Å². The largest absolute Gasteiger partial charge is 0.395 e. The van der Waals surface area contributed by atoms with Crippen LogP contribution >= 0.6 is 11.6 Å². The van der Waals surface area contributed by atoms with Gasteiger partial charge in [0.2, 0.25) is 0 Å². The van der Waals surface area contributed by atoms with Crippen LogP contribution in [0.5, 0.6) is 0 Å². The minimum atomic E-state index is -0.755. The quantitative estimate of drug-likeness (QED) is 0.717. The van der Waals surface area contributed by atoms with Gasteiger partial charge in [-0.05, 0) is 13.8 Å². The summed E-state index contributed by atoms with van der Waals surface area (Å²) in [7, 11) is 0. The van der Waals surface area contributed by atoms with Crippen molar-refractivity contribution in [2.45, 2.75) is 19.4 Å². The summed E-state index contributed by atoms with van der Waals surface area (Å²) in [6.45, 7) is 3.43. The number of nitrogens with zero attached hydrogens (tertiary/aromatic N) is 3. The number of hydrogen-bond donors (Lipinski definition) is 1. The summed E-state index contributed by atoms with van der Waals surface area (Å²) in [4.78, 5) is 0. The Hall–Kier alpha value is -1.21. The van der Waals surface area contributed by atoms with Gasteiger partial charge in [-0.25, -0.2) is 4.68 Å². The van der Waals surface area contributed by atoms with E-state index in [-0.39, 0.29) is 0 Å². The molecule has 1 aromatic rings. The molecule has 5 heteroatoms. The van der Waals surface area contributed by atoms with Crippen molar-refractivity contribution in [3.8, 4) is 6.07 Å². The summed E-state index contributed by atoms with van der Waals surface area (Å²) in [5, 5.41) is 13.0. The van der Waals surface area contributed by atoms with Gasteiger partial charge in [-0.1, -0.05) is 11.6 Å². The Morgan fingerprint density at radius 1 is 1.75 bits per heavy atom. The van der Waals surface area contributed by atoms with E-state index in [2.05, 4.69) is 11.2 Å². The molecule has 0 unspecified atom stereocenters. The molecular formula is C7H9ClN4. The molecule has 12 heavy (non-hydrogen) atoms. The van der Waals surface area contributed by atoms with Crippen LogP contribution in [0.3, 0.4) is 0 Å². The number of nitrogens with two attached hydrogens (primary N) is 1. The second-order valence-corrected chi connectivity index (χ2v) is 3.33. The predicted molar refractivity (Wildman–Crippen MR) is 46.6 cm³/mol. The van der Waals surface area contributed by atoms with Crippen molar-refractivity contribution in [1.82, 2.24) is 9.78 Å². The Morgan fingerprint density at radius 3 is 2.67 bits per heavy atom. The minimum Gasteiger partial charge on any atom is -0.395 e. The molecule has 0 spiro atoms. The molecule has 0 atom stereocenters. The Balaban J connectivity index is 3.22. The molecule has 1 heterocycles. The number of aromatic nitrogens is 2. The van der Waals surface area contributed by atoms with Crippen LogP contribution < -0.4 is 5.73 Å². The highest BCUT2D eigenvalue weighted by Crippen LogP contribution is 2.24. The molecular weight excluding hydrogens is 176 g/mol. The fourth-order valence-corrected chi connectivity index (χ4v) is 1.09. The van der Waals surface area contributed by atoms with Gasteiger partial charge in [-0.15, -0.1) is 0 Å². The number of hydrogen-bond acceptors (Lipinski definition) is 3. The maximum absolute atomic E-state index is 8.77. The molecule has 0 aliphatic rings. The minimum absolute atomic E-state index is 0.307. The van der Waals surface area contributed by atoms with Gasteiger partial charge in [0.05, 0.1) is 18.0 Å². The van der Waals surface area contributed by atoms with E-state index in [1.807, 2.05) is 0 Å². The van der Waals surface area contributed by atoms with Crippen molar-refractivity contribution in [3.05, 3.63) is 11.3 Å². The molecule has 64 valence electrons. The van der Waals surface area contributed by atoms with E-state index >= 15 is 0 Å². The Bertz CT molecular complexity index is 334. The smallest absolute Gasteiger partial charge is 0.151 e. The van der Waals surface area contributed by atoms with E-state index in [1.165, 1.54) is 10.9 Å². The van der Waals surface area contributed by atoms with E-state index in [4.69, 9.17) is 22.6 Å². The van der Waals surface area contributed by atoms with E-state index in [0.29, 0.717) is 10.8 Å². The topological polar surface area (TPSA) is 67.6 Å². The van der Waals surface area contributed by atoms with Crippen LogP contribution in [0.2, 0.25) is 5.15 Å². The van der Waals surface area contributed by atoms with E-state index in [1.54, 1.807) is 13.8 Å². The third-order valence-corrected chi connectivity index (χ3v) is 1.92. The summed E-state index contributed by atoms with van der Waals surface area (Å²) < 4.78 is 1.39. The lowest BCUT2D eigenvalue weighted by molar-refractivity contribution is 0.419. The SMILES string of the molecule is CC(C)(C#N)n1ncc(N)c1Cl. The van der Waals surface area contributed by atoms with Gasteiger partial charge in [-0.2, -0.15) is 10.4 Å². The van der Waals surface area contributed by atoms with Crippen LogP contribution in [0.25, 0.3) is 0 Å². The lowest BCUT2D eigenvalue weighted by Gasteiger charge is -2.16. The zero-order valence-electron chi connectivity index (χ0n) is 6.87. The highest BCUT2D eigenvalue weighted by atomic mass is 35.5. The molecule has 0 bridgehead atoms. The van der Waals surface area contributed by atoms with Gasteiger partial charge in [0.15, 0.2) is 5.15 Å². The van der Waals surface area contributed by atoms with Crippen molar-refractivity contribution in [3.63, 3.8) is 0 Å². The second-order valence-electron chi connectivity index (χ2n) is 2.97. The molecule has 4 nitrogen and oxygen atoms in total.